The molecule has 1 aromatic carbocycles. The molecule has 1 atom stereocenters. The van der Waals surface area contributed by atoms with Gasteiger partial charge in [-0.15, -0.1) is 24.0 Å². The number of aliphatic imine (C=N–C) groups is 1. The van der Waals surface area contributed by atoms with Crippen LogP contribution in [0.5, 0.6) is 0 Å². The van der Waals surface area contributed by atoms with Crippen molar-refractivity contribution < 1.29 is 9.13 Å². The maximum absolute atomic E-state index is 13.3. The minimum absolute atomic E-state index is 0. The first kappa shape index (κ1) is 23.9. The predicted molar refractivity (Wildman–Crippen MR) is 128 cm³/mol. The average molecular weight is 517 g/mol. The SMILES string of the molecule is CCNC(=NCC1CCCN1CCOC)NCCc1c[nH]c2cc(F)ccc12.I. The molecule has 1 aliphatic heterocycles. The fourth-order valence-electron chi connectivity index (χ4n) is 3.82. The van der Waals surface area contributed by atoms with Gasteiger partial charge in [-0.3, -0.25) is 9.89 Å². The van der Waals surface area contributed by atoms with Gasteiger partial charge in [0.05, 0.1) is 13.2 Å². The number of aromatic amines is 1. The number of aromatic nitrogens is 1. The molecule has 1 aromatic heterocycles. The zero-order chi connectivity index (χ0) is 19.8. The molecule has 29 heavy (non-hydrogen) atoms. The van der Waals surface area contributed by atoms with E-state index in [0.717, 1.165) is 62.6 Å². The van der Waals surface area contributed by atoms with Crippen molar-refractivity contribution in [2.24, 2.45) is 4.99 Å². The number of ether oxygens (including phenoxy) is 1. The van der Waals surface area contributed by atoms with E-state index in [9.17, 15) is 4.39 Å². The Morgan fingerprint density at radius 2 is 2.24 bits per heavy atom. The maximum atomic E-state index is 13.3. The molecule has 0 aliphatic carbocycles. The molecule has 0 radical (unpaired) electrons. The number of halogens is 2. The molecule has 3 rings (SSSR count). The van der Waals surface area contributed by atoms with Gasteiger partial charge in [0, 0.05) is 49.9 Å². The molecule has 6 nitrogen and oxygen atoms in total. The molecule has 1 fully saturated rings. The van der Waals surface area contributed by atoms with E-state index >= 15 is 0 Å². The van der Waals surface area contributed by atoms with Crippen LogP contribution >= 0.6 is 24.0 Å². The van der Waals surface area contributed by atoms with Crippen LogP contribution < -0.4 is 10.6 Å². The molecular formula is C21H33FIN5O. The topological polar surface area (TPSA) is 64.7 Å². The Hall–Kier alpha value is -1.39. The van der Waals surface area contributed by atoms with Gasteiger partial charge in [-0.25, -0.2) is 4.39 Å². The molecule has 8 heteroatoms. The van der Waals surface area contributed by atoms with Crippen LogP contribution in [0.2, 0.25) is 0 Å². The zero-order valence-corrected chi connectivity index (χ0v) is 19.7. The van der Waals surface area contributed by atoms with E-state index in [2.05, 4.69) is 27.4 Å². The van der Waals surface area contributed by atoms with Crippen molar-refractivity contribution in [3.8, 4) is 0 Å². The average Bonchev–Trinajstić information content (AvgIpc) is 3.30. The summed E-state index contributed by atoms with van der Waals surface area (Å²) >= 11 is 0. The van der Waals surface area contributed by atoms with Crippen molar-refractivity contribution in [2.45, 2.75) is 32.2 Å². The molecule has 162 valence electrons. The van der Waals surface area contributed by atoms with Gasteiger partial charge >= 0.3 is 0 Å². The molecule has 2 aromatic rings. The number of rotatable bonds is 9. The molecule has 0 saturated carbocycles. The van der Waals surface area contributed by atoms with Gasteiger partial charge in [0.1, 0.15) is 5.82 Å². The van der Waals surface area contributed by atoms with Crippen molar-refractivity contribution >= 4 is 40.8 Å². The van der Waals surface area contributed by atoms with E-state index in [1.165, 1.54) is 30.5 Å². The lowest BCUT2D eigenvalue weighted by molar-refractivity contribution is 0.142. The first-order valence-corrected chi connectivity index (χ1v) is 10.2. The highest BCUT2D eigenvalue weighted by atomic mass is 127. The van der Waals surface area contributed by atoms with Crippen LogP contribution in [0.4, 0.5) is 4.39 Å². The highest BCUT2D eigenvalue weighted by Crippen LogP contribution is 2.19. The first-order chi connectivity index (χ1) is 13.7. The second kappa shape index (κ2) is 12.3. The van der Waals surface area contributed by atoms with E-state index in [1.807, 2.05) is 12.3 Å². The quantitative estimate of drug-likeness (QED) is 0.272. The Morgan fingerprint density at radius 3 is 3.03 bits per heavy atom. The third kappa shape index (κ3) is 6.82. The Kier molecular flexibility index (Phi) is 10.2. The van der Waals surface area contributed by atoms with Gasteiger partial charge in [0.2, 0.25) is 0 Å². The fraction of sp³-hybridized carbons (Fsp3) is 0.571. The molecular weight excluding hydrogens is 484 g/mol. The predicted octanol–water partition coefficient (Wildman–Crippen LogP) is 3.13. The van der Waals surface area contributed by atoms with Gasteiger partial charge in [-0.05, 0) is 56.5 Å². The smallest absolute Gasteiger partial charge is 0.191 e. The number of hydrogen-bond acceptors (Lipinski definition) is 3. The summed E-state index contributed by atoms with van der Waals surface area (Å²) in [7, 11) is 1.75. The van der Waals surface area contributed by atoms with E-state index in [0.29, 0.717) is 6.04 Å². The lowest BCUT2D eigenvalue weighted by Crippen LogP contribution is -2.40. The molecule has 3 N–H and O–H groups in total. The van der Waals surface area contributed by atoms with E-state index in [1.54, 1.807) is 7.11 Å². The van der Waals surface area contributed by atoms with Crippen molar-refractivity contribution in [1.82, 2.24) is 20.5 Å². The van der Waals surface area contributed by atoms with Crippen LogP contribution in [0.3, 0.4) is 0 Å². The van der Waals surface area contributed by atoms with Gasteiger partial charge in [-0.1, -0.05) is 0 Å². The standard InChI is InChI=1S/C21H32FN5O.HI/c1-3-23-21(26-15-18-5-4-10-27(18)11-12-28-2)24-9-8-16-14-25-20-13-17(22)6-7-19(16)20;/h6-7,13-14,18,25H,3-5,8-12,15H2,1-2H3,(H2,23,24,26);1H. The molecule has 1 aliphatic rings. The number of guanidine groups is 1. The maximum Gasteiger partial charge on any atom is 0.191 e. The monoisotopic (exact) mass is 517 g/mol. The Balaban J connectivity index is 0.00000300. The number of methoxy groups -OCH3 is 1. The van der Waals surface area contributed by atoms with E-state index < -0.39 is 0 Å². The van der Waals surface area contributed by atoms with Crippen LogP contribution in [0.25, 0.3) is 10.9 Å². The summed E-state index contributed by atoms with van der Waals surface area (Å²) in [5, 5.41) is 7.83. The molecule has 0 bridgehead atoms. The number of benzene rings is 1. The molecule has 0 spiro atoms. The van der Waals surface area contributed by atoms with Crippen molar-refractivity contribution in [1.29, 1.82) is 0 Å². The fourth-order valence-corrected chi connectivity index (χ4v) is 3.82. The van der Waals surface area contributed by atoms with Gasteiger partial charge in [-0.2, -0.15) is 0 Å². The number of hydrogen-bond donors (Lipinski definition) is 3. The van der Waals surface area contributed by atoms with Crippen LogP contribution in [0, 0.1) is 5.82 Å². The summed E-state index contributed by atoms with van der Waals surface area (Å²) < 4.78 is 18.5. The summed E-state index contributed by atoms with van der Waals surface area (Å²) in [6.45, 7) is 7.35. The van der Waals surface area contributed by atoms with Gasteiger partial charge in [0.25, 0.3) is 0 Å². The first-order valence-electron chi connectivity index (χ1n) is 10.2. The Bertz CT molecular complexity index is 782. The van der Waals surface area contributed by atoms with Crippen molar-refractivity contribution in [3.05, 3.63) is 35.8 Å². The number of likely N-dealkylation sites (tertiary alicyclic amines) is 1. The highest BCUT2D eigenvalue weighted by Gasteiger charge is 2.23. The number of nitrogens with zero attached hydrogens (tertiary/aromatic N) is 2. The molecule has 0 amide bonds. The zero-order valence-electron chi connectivity index (χ0n) is 17.3. The minimum atomic E-state index is -0.216. The van der Waals surface area contributed by atoms with Crippen LogP contribution in [-0.2, 0) is 11.2 Å². The molecule has 1 unspecified atom stereocenters. The van der Waals surface area contributed by atoms with Crippen molar-refractivity contribution in [2.75, 3.05) is 46.4 Å². The van der Waals surface area contributed by atoms with Crippen LogP contribution in [-0.4, -0.2) is 68.3 Å². The summed E-state index contributed by atoms with van der Waals surface area (Å²) in [6, 6.07) is 5.38. The van der Waals surface area contributed by atoms with Crippen LogP contribution in [0.15, 0.2) is 29.4 Å². The summed E-state index contributed by atoms with van der Waals surface area (Å²) in [5.41, 5.74) is 2.02. The van der Waals surface area contributed by atoms with E-state index in [-0.39, 0.29) is 29.8 Å². The number of fused-ring (bicyclic) bond motifs is 1. The van der Waals surface area contributed by atoms with Crippen molar-refractivity contribution in [3.63, 3.8) is 0 Å². The third-order valence-electron chi connectivity index (χ3n) is 5.30. The number of nitrogens with one attached hydrogen (secondary N) is 3. The second-order valence-corrected chi connectivity index (χ2v) is 7.23. The highest BCUT2D eigenvalue weighted by molar-refractivity contribution is 14.0. The summed E-state index contributed by atoms with van der Waals surface area (Å²) in [4.78, 5) is 10.4. The Morgan fingerprint density at radius 1 is 1.38 bits per heavy atom. The normalized spacial score (nSPS) is 17.5. The van der Waals surface area contributed by atoms with Crippen LogP contribution in [0.1, 0.15) is 25.3 Å². The summed E-state index contributed by atoms with van der Waals surface area (Å²) in [5.74, 6) is 0.638. The lowest BCUT2D eigenvalue weighted by atomic mass is 10.1. The van der Waals surface area contributed by atoms with Gasteiger partial charge < -0.3 is 20.4 Å². The summed E-state index contributed by atoms with van der Waals surface area (Å²) in [6.07, 6.45) is 5.23. The third-order valence-corrected chi connectivity index (χ3v) is 5.30. The van der Waals surface area contributed by atoms with E-state index in [4.69, 9.17) is 9.73 Å². The van der Waals surface area contributed by atoms with Gasteiger partial charge in [0.15, 0.2) is 5.96 Å². The second-order valence-electron chi connectivity index (χ2n) is 7.23. The molecule has 1 saturated heterocycles. The lowest BCUT2D eigenvalue weighted by Gasteiger charge is -2.23. The largest absolute Gasteiger partial charge is 0.383 e. The Labute approximate surface area is 189 Å². The molecule has 2 heterocycles. The number of H-pyrrole nitrogens is 1. The minimum Gasteiger partial charge on any atom is -0.383 e.